The van der Waals surface area contributed by atoms with Gasteiger partial charge >= 0.3 is 5.63 Å². The second-order valence-electron chi connectivity index (χ2n) is 6.33. The molecule has 1 aliphatic rings. The molecule has 3 heterocycles. The number of aryl methyl sites for hydroxylation is 1. The first-order chi connectivity index (χ1) is 12.7. The fourth-order valence-electron chi connectivity index (χ4n) is 3.03. The van der Waals surface area contributed by atoms with Crippen molar-refractivity contribution in [3.05, 3.63) is 75.4 Å². The molecule has 0 aliphatic carbocycles. The average Bonchev–Trinajstić information content (AvgIpc) is 2.61. The van der Waals surface area contributed by atoms with Gasteiger partial charge in [0.2, 0.25) is 5.69 Å². The molecule has 0 fully saturated rings. The van der Waals surface area contributed by atoms with Crippen molar-refractivity contribution in [1.82, 2.24) is 5.32 Å². The maximum Gasteiger partial charge on any atom is 0.343 e. The van der Waals surface area contributed by atoms with Gasteiger partial charge in [0.25, 0.3) is 0 Å². The van der Waals surface area contributed by atoms with Crippen molar-refractivity contribution >= 4 is 23.1 Å². The zero-order valence-electron chi connectivity index (χ0n) is 15.0. The number of aromatic nitrogens is 1. The molecular weight excluding hydrogens is 404 g/mol. The maximum absolute atomic E-state index is 12.4. The summed E-state index contributed by atoms with van der Waals surface area (Å²) in [7, 11) is 1.97. The quantitative estimate of drug-likeness (QED) is 0.348. The SMILES string of the molecule is C[n+]1ccccc1/C=C/c1cc2cc3c(cc2oc1=O)C#CCCNC3.[Br-]. The van der Waals surface area contributed by atoms with Crippen LogP contribution in [-0.2, 0) is 13.6 Å². The summed E-state index contributed by atoms with van der Waals surface area (Å²) < 4.78 is 7.54. The first-order valence-electron chi connectivity index (χ1n) is 8.64. The summed E-state index contributed by atoms with van der Waals surface area (Å²) in [6.07, 6.45) is 6.50. The second-order valence-corrected chi connectivity index (χ2v) is 6.33. The number of halogens is 1. The fourth-order valence-corrected chi connectivity index (χ4v) is 3.03. The van der Waals surface area contributed by atoms with Crippen LogP contribution in [0, 0.1) is 11.8 Å². The van der Waals surface area contributed by atoms with Crippen LogP contribution in [0.3, 0.4) is 0 Å². The Balaban J connectivity index is 0.00000210. The summed E-state index contributed by atoms with van der Waals surface area (Å²) in [6.45, 7) is 1.65. The van der Waals surface area contributed by atoms with Crippen LogP contribution in [0.4, 0.5) is 0 Å². The first-order valence-corrected chi connectivity index (χ1v) is 8.64. The Labute approximate surface area is 168 Å². The molecule has 5 heteroatoms. The van der Waals surface area contributed by atoms with Gasteiger partial charge in [-0.2, -0.15) is 0 Å². The van der Waals surface area contributed by atoms with Crippen molar-refractivity contribution in [2.75, 3.05) is 6.54 Å². The predicted octanol–water partition coefficient (Wildman–Crippen LogP) is -0.363. The van der Waals surface area contributed by atoms with Gasteiger partial charge in [-0.05, 0) is 35.9 Å². The summed E-state index contributed by atoms with van der Waals surface area (Å²) in [5.41, 5.74) is 3.82. The Morgan fingerprint density at radius 1 is 1.22 bits per heavy atom. The molecule has 0 atom stereocenters. The second kappa shape index (κ2) is 8.34. The molecule has 0 radical (unpaired) electrons. The predicted molar refractivity (Wildman–Crippen MR) is 102 cm³/mol. The van der Waals surface area contributed by atoms with Gasteiger partial charge in [-0.15, -0.1) is 0 Å². The van der Waals surface area contributed by atoms with Gasteiger partial charge in [0.15, 0.2) is 6.20 Å². The third-order valence-electron chi connectivity index (χ3n) is 4.48. The minimum atomic E-state index is -0.343. The van der Waals surface area contributed by atoms with Crippen molar-refractivity contribution in [2.24, 2.45) is 7.05 Å². The van der Waals surface area contributed by atoms with Crippen LogP contribution in [-0.4, -0.2) is 6.54 Å². The van der Waals surface area contributed by atoms with E-state index in [4.69, 9.17) is 4.42 Å². The lowest BCUT2D eigenvalue weighted by Gasteiger charge is -2.10. The number of fused-ring (bicyclic) bond motifs is 2. The molecule has 1 aliphatic heterocycles. The number of pyridine rings is 1. The van der Waals surface area contributed by atoms with E-state index in [9.17, 15) is 4.79 Å². The molecular formula is C22H19BrN2O2. The van der Waals surface area contributed by atoms with E-state index in [1.165, 1.54) is 0 Å². The molecule has 3 aromatic rings. The molecule has 1 N–H and O–H groups in total. The summed E-state index contributed by atoms with van der Waals surface area (Å²) in [5.74, 6) is 6.31. The molecule has 0 saturated heterocycles. The van der Waals surface area contributed by atoms with E-state index in [-0.39, 0.29) is 22.6 Å². The Morgan fingerprint density at radius 3 is 2.96 bits per heavy atom. The Bertz CT molecular complexity index is 1140. The van der Waals surface area contributed by atoms with Gasteiger partial charge in [-0.25, -0.2) is 9.36 Å². The fraction of sp³-hybridized carbons (Fsp3) is 0.182. The van der Waals surface area contributed by atoms with Crippen molar-refractivity contribution in [1.29, 1.82) is 0 Å². The van der Waals surface area contributed by atoms with Gasteiger partial charge in [0.05, 0.1) is 5.56 Å². The summed E-state index contributed by atoms with van der Waals surface area (Å²) in [6, 6.07) is 11.7. The van der Waals surface area contributed by atoms with Crippen LogP contribution in [0.2, 0.25) is 0 Å². The van der Waals surface area contributed by atoms with Crippen molar-refractivity contribution in [3.63, 3.8) is 0 Å². The van der Waals surface area contributed by atoms with E-state index in [0.29, 0.717) is 11.1 Å². The molecule has 136 valence electrons. The molecule has 1 aromatic carbocycles. The number of hydrogen-bond acceptors (Lipinski definition) is 3. The third-order valence-corrected chi connectivity index (χ3v) is 4.48. The minimum absolute atomic E-state index is 0. The van der Waals surface area contributed by atoms with Gasteiger partial charge in [-0.3, -0.25) is 0 Å². The molecule has 27 heavy (non-hydrogen) atoms. The van der Waals surface area contributed by atoms with Crippen LogP contribution in [0.25, 0.3) is 23.1 Å². The Hall–Kier alpha value is -2.68. The van der Waals surface area contributed by atoms with E-state index in [1.807, 2.05) is 54.2 Å². The third kappa shape index (κ3) is 4.19. The van der Waals surface area contributed by atoms with E-state index in [0.717, 1.165) is 41.7 Å². The van der Waals surface area contributed by atoms with Crippen molar-refractivity contribution < 1.29 is 26.0 Å². The molecule has 0 saturated carbocycles. The van der Waals surface area contributed by atoms with E-state index in [2.05, 4.69) is 23.2 Å². The maximum atomic E-state index is 12.4. The molecule has 0 unspecified atom stereocenters. The molecule has 4 nitrogen and oxygen atoms in total. The van der Waals surface area contributed by atoms with E-state index in [1.54, 1.807) is 6.08 Å². The lowest BCUT2D eigenvalue weighted by molar-refractivity contribution is -0.673. The monoisotopic (exact) mass is 422 g/mol. The van der Waals surface area contributed by atoms with Crippen LogP contribution in [0.15, 0.2) is 51.8 Å². The number of nitrogens with one attached hydrogen (secondary N) is 1. The number of nitrogens with zero attached hydrogens (tertiary/aromatic N) is 1. The van der Waals surface area contributed by atoms with Crippen LogP contribution >= 0.6 is 0 Å². The largest absolute Gasteiger partial charge is 1.00 e. The number of rotatable bonds is 2. The minimum Gasteiger partial charge on any atom is -1.00 e. The van der Waals surface area contributed by atoms with Crippen molar-refractivity contribution in [3.8, 4) is 11.8 Å². The zero-order valence-corrected chi connectivity index (χ0v) is 16.5. The van der Waals surface area contributed by atoms with Crippen LogP contribution in [0.1, 0.15) is 28.8 Å². The highest BCUT2D eigenvalue weighted by Crippen LogP contribution is 2.21. The summed E-state index contributed by atoms with van der Waals surface area (Å²) >= 11 is 0. The molecule has 4 rings (SSSR count). The van der Waals surface area contributed by atoms with Crippen molar-refractivity contribution in [2.45, 2.75) is 13.0 Å². The summed E-state index contributed by atoms with van der Waals surface area (Å²) in [5, 5.41) is 4.28. The lowest BCUT2D eigenvalue weighted by atomic mass is 10.0. The van der Waals surface area contributed by atoms with E-state index < -0.39 is 0 Å². The normalized spacial score (nSPS) is 13.2. The van der Waals surface area contributed by atoms with Crippen LogP contribution in [0.5, 0.6) is 0 Å². The highest BCUT2D eigenvalue weighted by Gasteiger charge is 2.09. The molecule has 0 amide bonds. The molecule has 0 bridgehead atoms. The first kappa shape index (κ1) is 19.1. The molecule has 2 aromatic heterocycles. The number of benzene rings is 1. The summed E-state index contributed by atoms with van der Waals surface area (Å²) in [4.78, 5) is 12.4. The van der Waals surface area contributed by atoms with Gasteiger partial charge in [0, 0.05) is 48.7 Å². The topological polar surface area (TPSA) is 46.1 Å². The standard InChI is InChI=1S/C22H19N2O2.BrH/c1-24-11-5-3-7-20(24)9-8-17-12-18-13-19-15-23-10-4-2-6-16(19)14-21(18)26-22(17)25;/h3,5,7-9,11-14,23H,4,10,15H2,1H3;1H/q+1;/p-1/b9-8+;. The smallest absolute Gasteiger partial charge is 0.343 e. The molecule has 0 spiro atoms. The average molecular weight is 423 g/mol. The van der Waals surface area contributed by atoms with Crippen LogP contribution < -0.4 is 32.5 Å². The highest BCUT2D eigenvalue weighted by molar-refractivity contribution is 5.82. The van der Waals surface area contributed by atoms with Gasteiger partial charge < -0.3 is 26.7 Å². The Kier molecular flexibility index (Phi) is 5.90. The number of hydrogen-bond donors (Lipinski definition) is 1. The van der Waals surface area contributed by atoms with E-state index >= 15 is 0 Å². The highest BCUT2D eigenvalue weighted by atomic mass is 79.9. The van der Waals surface area contributed by atoms with Gasteiger partial charge in [0.1, 0.15) is 12.6 Å². The van der Waals surface area contributed by atoms with Gasteiger partial charge in [-0.1, -0.05) is 11.8 Å². The Morgan fingerprint density at radius 2 is 2.11 bits per heavy atom. The lowest BCUT2D eigenvalue weighted by Crippen LogP contribution is -3.00. The zero-order chi connectivity index (χ0) is 17.9.